The highest BCUT2D eigenvalue weighted by Crippen LogP contribution is 2.25. The Kier molecular flexibility index (Phi) is 5.27. The molecule has 25 heavy (non-hydrogen) atoms. The smallest absolute Gasteiger partial charge is 0.193 e. The molecular formula is C20H14Cl2O3. The molecule has 0 saturated heterocycles. The van der Waals surface area contributed by atoms with E-state index in [1.54, 1.807) is 49.6 Å². The monoisotopic (exact) mass is 372 g/mol. The Morgan fingerprint density at radius 3 is 1.72 bits per heavy atom. The predicted molar refractivity (Wildman–Crippen MR) is 99.4 cm³/mol. The largest absolute Gasteiger partial charge is 0.497 e. The van der Waals surface area contributed by atoms with Crippen molar-refractivity contribution in [2.75, 3.05) is 7.11 Å². The van der Waals surface area contributed by atoms with Gasteiger partial charge >= 0.3 is 0 Å². The summed E-state index contributed by atoms with van der Waals surface area (Å²) in [7, 11) is 1.61. The minimum absolute atomic E-state index is 0.152. The quantitative estimate of drug-likeness (QED) is 0.513. The van der Waals surface area contributed by atoms with E-state index in [1.165, 1.54) is 0 Å². The van der Waals surface area contributed by atoms with Gasteiger partial charge < -0.3 is 9.47 Å². The van der Waals surface area contributed by atoms with Gasteiger partial charge in [0.15, 0.2) is 5.78 Å². The first-order valence-corrected chi connectivity index (χ1v) is 8.23. The van der Waals surface area contributed by atoms with Crippen LogP contribution in [0.3, 0.4) is 0 Å². The topological polar surface area (TPSA) is 35.5 Å². The van der Waals surface area contributed by atoms with Gasteiger partial charge in [0.1, 0.15) is 17.2 Å². The molecule has 3 nitrogen and oxygen atoms in total. The van der Waals surface area contributed by atoms with Gasteiger partial charge in [-0.2, -0.15) is 0 Å². The molecule has 0 bridgehead atoms. The zero-order valence-corrected chi connectivity index (χ0v) is 14.8. The number of methoxy groups -OCH3 is 1. The van der Waals surface area contributed by atoms with Crippen LogP contribution in [0.1, 0.15) is 15.9 Å². The fourth-order valence-electron chi connectivity index (χ4n) is 2.31. The third-order valence-corrected chi connectivity index (χ3v) is 3.97. The number of benzene rings is 3. The summed E-state index contributed by atoms with van der Waals surface area (Å²) in [6.07, 6.45) is 0. The number of rotatable bonds is 5. The van der Waals surface area contributed by atoms with Gasteiger partial charge in [-0.05, 0) is 66.7 Å². The molecule has 126 valence electrons. The van der Waals surface area contributed by atoms with Crippen molar-refractivity contribution in [3.63, 3.8) is 0 Å². The lowest BCUT2D eigenvalue weighted by molar-refractivity contribution is 0.103. The molecular weight excluding hydrogens is 359 g/mol. The highest BCUT2D eigenvalue weighted by molar-refractivity contribution is 6.35. The Morgan fingerprint density at radius 1 is 0.720 bits per heavy atom. The van der Waals surface area contributed by atoms with E-state index in [-0.39, 0.29) is 5.78 Å². The minimum atomic E-state index is -0.152. The molecule has 0 spiro atoms. The SMILES string of the molecule is COc1ccc(Oc2ccc(C(=O)c3cc(Cl)cc(Cl)c3)cc2)cc1. The molecule has 3 aromatic rings. The molecule has 0 radical (unpaired) electrons. The first-order chi connectivity index (χ1) is 12.0. The van der Waals surface area contributed by atoms with Gasteiger partial charge in [-0.1, -0.05) is 23.2 Å². The molecule has 0 aliphatic rings. The average molecular weight is 373 g/mol. The van der Waals surface area contributed by atoms with E-state index < -0.39 is 0 Å². The summed E-state index contributed by atoms with van der Waals surface area (Å²) < 4.78 is 10.9. The van der Waals surface area contributed by atoms with Crippen LogP contribution in [0.25, 0.3) is 0 Å². The van der Waals surface area contributed by atoms with E-state index in [9.17, 15) is 4.79 Å². The van der Waals surface area contributed by atoms with Gasteiger partial charge in [0, 0.05) is 21.2 Å². The van der Waals surface area contributed by atoms with Crippen LogP contribution in [-0.2, 0) is 0 Å². The van der Waals surface area contributed by atoms with Crippen molar-refractivity contribution in [1.82, 2.24) is 0 Å². The van der Waals surface area contributed by atoms with Crippen molar-refractivity contribution < 1.29 is 14.3 Å². The Morgan fingerprint density at radius 2 is 1.20 bits per heavy atom. The number of hydrogen-bond donors (Lipinski definition) is 0. The molecule has 0 amide bonds. The van der Waals surface area contributed by atoms with E-state index >= 15 is 0 Å². The minimum Gasteiger partial charge on any atom is -0.497 e. The lowest BCUT2D eigenvalue weighted by Gasteiger charge is -2.08. The molecule has 0 heterocycles. The molecule has 3 rings (SSSR count). The van der Waals surface area contributed by atoms with Crippen LogP contribution in [0.5, 0.6) is 17.2 Å². The molecule has 0 fully saturated rings. The number of halogens is 2. The summed E-state index contributed by atoms with van der Waals surface area (Å²) in [5.41, 5.74) is 0.974. The van der Waals surface area contributed by atoms with E-state index in [1.807, 2.05) is 24.3 Å². The molecule has 0 saturated carbocycles. The lowest BCUT2D eigenvalue weighted by atomic mass is 10.0. The maximum Gasteiger partial charge on any atom is 0.193 e. The Labute approximate surface area is 155 Å². The molecule has 5 heteroatoms. The standard InChI is InChI=1S/C20H14Cl2O3/c1-24-17-6-8-19(9-7-17)25-18-4-2-13(3-5-18)20(23)14-10-15(21)12-16(22)11-14/h2-12H,1H3. The Balaban J connectivity index is 1.75. The van der Waals surface area contributed by atoms with Crippen molar-refractivity contribution in [1.29, 1.82) is 0 Å². The normalized spacial score (nSPS) is 10.4. The summed E-state index contributed by atoms with van der Waals surface area (Å²) in [6.45, 7) is 0. The van der Waals surface area contributed by atoms with Crippen molar-refractivity contribution >= 4 is 29.0 Å². The molecule has 0 atom stereocenters. The maximum absolute atomic E-state index is 12.5. The Bertz CT molecular complexity index is 868. The molecule has 0 aliphatic carbocycles. The van der Waals surface area contributed by atoms with E-state index in [0.717, 1.165) is 5.75 Å². The highest BCUT2D eigenvalue weighted by Gasteiger charge is 2.11. The van der Waals surface area contributed by atoms with Gasteiger partial charge in [-0.3, -0.25) is 4.79 Å². The second-order valence-corrected chi connectivity index (χ2v) is 6.16. The first kappa shape index (κ1) is 17.3. The van der Waals surface area contributed by atoms with Crippen molar-refractivity contribution in [2.24, 2.45) is 0 Å². The molecule has 3 aromatic carbocycles. The summed E-state index contributed by atoms with van der Waals surface area (Å²) in [5, 5.41) is 0.852. The molecule has 0 N–H and O–H groups in total. The van der Waals surface area contributed by atoms with E-state index in [0.29, 0.717) is 32.7 Å². The lowest BCUT2D eigenvalue weighted by Crippen LogP contribution is -2.01. The van der Waals surface area contributed by atoms with Gasteiger partial charge in [0.05, 0.1) is 7.11 Å². The fraction of sp³-hybridized carbons (Fsp3) is 0.0500. The van der Waals surface area contributed by atoms with Crippen LogP contribution in [0.4, 0.5) is 0 Å². The van der Waals surface area contributed by atoms with Gasteiger partial charge in [-0.15, -0.1) is 0 Å². The van der Waals surface area contributed by atoms with Crippen LogP contribution in [0.2, 0.25) is 10.0 Å². The van der Waals surface area contributed by atoms with Crippen LogP contribution in [0, 0.1) is 0 Å². The van der Waals surface area contributed by atoms with Crippen molar-refractivity contribution in [3.8, 4) is 17.2 Å². The van der Waals surface area contributed by atoms with Gasteiger partial charge in [0.25, 0.3) is 0 Å². The molecule has 0 aromatic heterocycles. The average Bonchev–Trinajstić information content (AvgIpc) is 2.61. The van der Waals surface area contributed by atoms with Gasteiger partial charge in [0.2, 0.25) is 0 Å². The van der Waals surface area contributed by atoms with Crippen LogP contribution < -0.4 is 9.47 Å². The van der Waals surface area contributed by atoms with Crippen molar-refractivity contribution in [3.05, 3.63) is 87.9 Å². The third kappa shape index (κ3) is 4.32. The summed E-state index contributed by atoms with van der Waals surface area (Å²) in [6, 6.07) is 18.9. The first-order valence-electron chi connectivity index (χ1n) is 7.48. The summed E-state index contributed by atoms with van der Waals surface area (Å²) in [4.78, 5) is 12.5. The number of carbonyl (C=O) groups excluding carboxylic acids is 1. The highest BCUT2D eigenvalue weighted by atomic mass is 35.5. The van der Waals surface area contributed by atoms with E-state index in [4.69, 9.17) is 32.7 Å². The molecule has 0 unspecified atom stereocenters. The van der Waals surface area contributed by atoms with Crippen LogP contribution in [0.15, 0.2) is 66.7 Å². The second kappa shape index (κ2) is 7.60. The summed E-state index contributed by atoms with van der Waals surface area (Å²) >= 11 is 11.9. The van der Waals surface area contributed by atoms with Crippen LogP contribution >= 0.6 is 23.2 Å². The summed E-state index contributed by atoms with van der Waals surface area (Å²) in [5.74, 6) is 1.92. The van der Waals surface area contributed by atoms with Crippen LogP contribution in [-0.4, -0.2) is 12.9 Å². The van der Waals surface area contributed by atoms with E-state index in [2.05, 4.69) is 0 Å². The zero-order valence-electron chi connectivity index (χ0n) is 13.3. The zero-order chi connectivity index (χ0) is 17.8. The number of ketones is 1. The van der Waals surface area contributed by atoms with Crippen molar-refractivity contribution in [2.45, 2.75) is 0 Å². The maximum atomic E-state index is 12.5. The van der Waals surface area contributed by atoms with Gasteiger partial charge in [-0.25, -0.2) is 0 Å². The number of ether oxygens (including phenoxy) is 2. The Hall–Kier alpha value is -2.49. The molecule has 0 aliphatic heterocycles. The number of carbonyl (C=O) groups is 1. The second-order valence-electron chi connectivity index (χ2n) is 5.29. The third-order valence-electron chi connectivity index (χ3n) is 3.54. The fourth-order valence-corrected chi connectivity index (χ4v) is 2.83. The predicted octanol–water partition coefficient (Wildman–Crippen LogP) is 6.03. The number of hydrogen-bond acceptors (Lipinski definition) is 3.